The summed E-state index contributed by atoms with van der Waals surface area (Å²) in [5, 5.41) is 12.7. The summed E-state index contributed by atoms with van der Waals surface area (Å²) >= 11 is 13.3. The first kappa shape index (κ1) is 15.6. The molecule has 1 saturated carbocycles. The first-order chi connectivity index (χ1) is 10.5. The third-order valence-electron chi connectivity index (χ3n) is 3.28. The molecule has 0 aliphatic heterocycles. The number of aromatic nitrogens is 3. The molecule has 0 unspecified atom stereocenters. The van der Waals surface area contributed by atoms with Gasteiger partial charge in [-0.05, 0) is 38.0 Å². The van der Waals surface area contributed by atoms with Crippen molar-refractivity contribution in [3.05, 3.63) is 34.1 Å². The quantitative estimate of drug-likeness (QED) is 0.823. The smallest absolute Gasteiger partial charge is 0.234 e. The zero-order valence-electron chi connectivity index (χ0n) is 11.8. The zero-order chi connectivity index (χ0) is 15.7. The molecule has 0 radical (unpaired) electrons. The van der Waals surface area contributed by atoms with Crippen LogP contribution in [-0.4, -0.2) is 26.4 Å². The number of nitrogens with zero attached hydrogens (tertiary/aromatic N) is 3. The fourth-order valence-corrected chi connectivity index (χ4v) is 3.30. The van der Waals surface area contributed by atoms with Crippen molar-refractivity contribution >= 4 is 46.6 Å². The Labute approximate surface area is 142 Å². The minimum atomic E-state index is -0.155. The number of nitrogens with one attached hydrogen (secondary N) is 1. The summed E-state index contributed by atoms with van der Waals surface area (Å²) in [5.41, 5.74) is 0.514. The number of hydrogen-bond donors (Lipinski definition) is 1. The second kappa shape index (κ2) is 6.48. The predicted octanol–water partition coefficient (Wildman–Crippen LogP) is 3.96. The number of thioether (sulfide) groups is 1. The Kier molecular flexibility index (Phi) is 4.61. The first-order valence-corrected chi connectivity index (χ1v) is 8.58. The lowest BCUT2D eigenvalue weighted by atomic mass is 10.3. The van der Waals surface area contributed by atoms with Gasteiger partial charge in [0.1, 0.15) is 5.82 Å². The van der Waals surface area contributed by atoms with Crippen LogP contribution >= 0.6 is 35.0 Å². The van der Waals surface area contributed by atoms with E-state index in [1.54, 1.807) is 18.2 Å². The molecule has 1 aliphatic rings. The maximum Gasteiger partial charge on any atom is 0.234 e. The van der Waals surface area contributed by atoms with Crippen molar-refractivity contribution in [2.24, 2.45) is 0 Å². The van der Waals surface area contributed by atoms with Gasteiger partial charge in [0, 0.05) is 11.1 Å². The summed E-state index contributed by atoms with van der Waals surface area (Å²) in [4.78, 5) is 12.1. The van der Waals surface area contributed by atoms with Gasteiger partial charge in [-0.3, -0.25) is 4.79 Å². The van der Waals surface area contributed by atoms with E-state index in [1.807, 2.05) is 6.92 Å². The number of benzene rings is 1. The summed E-state index contributed by atoms with van der Waals surface area (Å²) in [7, 11) is 0. The summed E-state index contributed by atoms with van der Waals surface area (Å²) in [5.74, 6) is 0.980. The van der Waals surface area contributed by atoms with Gasteiger partial charge in [0.2, 0.25) is 5.91 Å². The molecule has 0 atom stereocenters. The lowest BCUT2D eigenvalue weighted by Gasteiger charge is -2.08. The van der Waals surface area contributed by atoms with E-state index in [1.165, 1.54) is 11.8 Å². The number of rotatable bonds is 5. The van der Waals surface area contributed by atoms with Gasteiger partial charge in [-0.2, -0.15) is 0 Å². The third-order valence-corrected chi connectivity index (χ3v) is 4.79. The second-order valence-corrected chi connectivity index (χ2v) is 6.88. The van der Waals surface area contributed by atoms with Gasteiger partial charge in [0.05, 0.1) is 16.5 Å². The summed E-state index contributed by atoms with van der Waals surface area (Å²) in [6.07, 6.45) is 2.30. The van der Waals surface area contributed by atoms with Crippen molar-refractivity contribution in [3.8, 4) is 0 Å². The van der Waals surface area contributed by atoms with E-state index in [0.717, 1.165) is 23.8 Å². The summed E-state index contributed by atoms with van der Waals surface area (Å²) in [6.45, 7) is 1.93. The molecule has 0 spiro atoms. The highest BCUT2D eigenvalue weighted by atomic mass is 35.5. The Bertz CT molecular complexity index is 715. The van der Waals surface area contributed by atoms with Crippen LogP contribution in [0.5, 0.6) is 0 Å². The molecule has 1 amide bonds. The molecule has 1 aromatic carbocycles. The van der Waals surface area contributed by atoms with Crippen LogP contribution in [0.3, 0.4) is 0 Å². The highest BCUT2D eigenvalue weighted by Crippen LogP contribution is 2.38. The number of aryl methyl sites for hydroxylation is 1. The van der Waals surface area contributed by atoms with E-state index in [0.29, 0.717) is 21.8 Å². The van der Waals surface area contributed by atoms with Crippen LogP contribution < -0.4 is 5.32 Å². The van der Waals surface area contributed by atoms with Crippen molar-refractivity contribution in [2.45, 2.75) is 31.0 Å². The molecule has 2 aromatic rings. The topological polar surface area (TPSA) is 59.8 Å². The van der Waals surface area contributed by atoms with E-state index in [9.17, 15) is 4.79 Å². The van der Waals surface area contributed by atoms with E-state index in [2.05, 4.69) is 20.1 Å². The highest BCUT2D eigenvalue weighted by Gasteiger charge is 2.28. The van der Waals surface area contributed by atoms with Crippen LogP contribution in [0.2, 0.25) is 10.0 Å². The van der Waals surface area contributed by atoms with Gasteiger partial charge in [-0.25, -0.2) is 0 Å². The summed E-state index contributed by atoms with van der Waals surface area (Å²) in [6, 6.07) is 5.45. The highest BCUT2D eigenvalue weighted by molar-refractivity contribution is 7.99. The van der Waals surface area contributed by atoms with Crippen LogP contribution in [0.4, 0.5) is 5.69 Å². The number of hydrogen-bond acceptors (Lipinski definition) is 4. The van der Waals surface area contributed by atoms with E-state index < -0.39 is 0 Å². The molecule has 5 nitrogen and oxygen atoms in total. The Morgan fingerprint density at radius 3 is 2.91 bits per heavy atom. The van der Waals surface area contributed by atoms with Crippen LogP contribution in [0.15, 0.2) is 23.4 Å². The monoisotopic (exact) mass is 356 g/mol. The number of carbonyl (C=O) groups excluding carboxylic acids is 1. The van der Waals surface area contributed by atoms with E-state index in [4.69, 9.17) is 23.2 Å². The molecular weight excluding hydrogens is 343 g/mol. The Hall–Kier alpha value is -1.24. The molecule has 1 aromatic heterocycles. The molecule has 0 saturated heterocycles. The van der Waals surface area contributed by atoms with Crippen LogP contribution in [-0.2, 0) is 4.79 Å². The van der Waals surface area contributed by atoms with Gasteiger partial charge in [0.25, 0.3) is 0 Å². The van der Waals surface area contributed by atoms with Crippen molar-refractivity contribution in [2.75, 3.05) is 11.1 Å². The molecule has 1 N–H and O–H groups in total. The molecule has 3 rings (SSSR count). The van der Waals surface area contributed by atoms with Gasteiger partial charge in [-0.15, -0.1) is 10.2 Å². The van der Waals surface area contributed by atoms with Crippen LogP contribution in [0, 0.1) is 6.92 Å². The Morgan fingerprint density at radius 1 is 1.41 bits per heavy atom. The first-order valence-electron chi connectivity index (χ1n) is 6.84. The molecule has 22 heavy (non-hydrogen) atoms. The predicted molar refractivity (Wildman–Crippen MR) is 88.8 cm³/mol. The number of halogens is 2. The lowest BCUT2D eigenvalue weighted by Crippen LogP contribution is -2.15. The van der Waals surface area contributed by atoms with Gasteiger partial charge in [0.15, 0.2) is 5.16 Å². The number of amides is 1. The Balaban J connectivity index is 1.62. The minimum absolute atomic E-state index is 0.155. The van der Waals surface area contributed by atoms with Crippen molar-refractivity contribution < 1.29 is 4.79 Å². The molecule has 1 heterocycles. The molecule has 1 aliphatic carbocycles. The third kappa shape index (κ3) is 3.56. The lowest BCUT2D eigenvalue weighted by molar-refractivity contribution is -0.113. The van der Waals surface area contributed by atoms with E-state index in [-0.39, 0.29) is 11.7 Å². The van der Waals surface area contributed by atoms with Gasteiger partial charge in [-0.1, -0.05) is 35.0 Å². The average Bonchev–Trinajstić information content (AvgIpc) is 3.24. The van der Waals surface area contributed by atoms with Gasteiger partial charge < -0.3 is 9.88 Å². The largest absolute Gasteiger partial charge is 0.324 e. The standard InChI is InChI=1S/C14H14Cl2N4OS/c1-8-18-19-14(20(8)10-3-4-10)22-7-13(21)17-12-6-9(15)2-5-11(12)16/h2,5-6,10H,3-4,7H2,1H3,(H,17,21). The normalized spacial score (nSPS) is 14.1. The Morgan fingerprint density at radius 2 is 2.18 bits per heavy atom. The van der Waals surface area contributed by atoms with Crippen LogP contribution in [0.25, 0.3) is 0 Å². The SMILES string of the molecule is Cc1nnc(SCC(=O)Nc2cc(Cl)ccc2Cl)n1C1CC1. The minimum Gasteiger partial charge on any atom is -0.324 e. The van der Waals surface area contributed by atoms with Crippen LogP contribution in [0.1, 0.15) is 24.7 Å². The summed E-state index contributed by atoms with van der Waals surface area (Å²) < 4.78 is 2.10. The maximum atomic E-state index is 12.1. The average molecular weight is 357 g/mol. The second-order valence-electron chi connectivity index (χ2n) is 5.09. The van der Waals surface area contributed by atoms with E-state index >= 15 is 0 Å². The number of anilines is 1. The molecule has 1 fully saturated rings. The number of carbonyl (C=O) groups is 1. The fourth-order valence-electron chi connectivity index (χ4n) is 2.11. The molecular formula is C14H14Cl2N4OS. The van der Waals surface area contributed by atoms with Gasteiger partial charge >= 0.3 is 0 Å². The maximum absolute atomic E-state index is 12.1. The van der Waals surface area contributed by atoms with Crippen molar-refractivity contribution in [1.29, 1.82) is 0 Å². The fraction of sp³-hybridized carbons (Fsp3) is 0.357. The molecule has 8 heteroatoms. The zero-order valence-corrected chi connectivity index (χ0v) is 14.2. The molecule has 116 valence electrons. The van der Waals surface area contributed by atoms with Crippen molar-refractivity contribution in [3.63, 3.8) is 0 Å². The van der Waals surface area contributed by atoms with Crippen molar-refractivity contribution in [1.82, 2.24) is 14.8 Å². The molecule has 0 bridgehead atoms.